The second-order valence-electron chi connectivity index (χ2n) is 7.78. The van der Waals surface area contributed by atoms with Gasteiger partial charge < -0.3 is 9.47 Å². The van der Waals surface area contributed by atoms with Crippen LogP contribution in [0.3, 0.4) is 0 Å². The predicted octanol–water partition coefficient (Wildman–Crippen LogP) is 4.93. The summed E-state index contributed by atoms with van der Waals surface area (Å²) in [7, 11) is 0. The van der Waals surface area contributed by atoms with Crippen molar-refractivity contribution in [2.45, 2.75) is 80.4 Å². The van der Waals surface area contributed by atoms with Crippen molar-refractivity contribution in [1.29, 1.82) is 0 Å². The van der Waals surface area contributed by atoms with Crippen LogP contribution in [0.25, 0.3) is 0 Å². The highest BCUT2D eigenvalue weighted by Crippen LogP contribution is 2.60. The van der Waals surface area contributed by atoms with E-state index < -0.39 is 28.8 Å². The molecule has 1 aromatic rings. The van der Waals surface area contributed by atoms with Crippen LogP contribution in [0.15, 0.2) is 30.3 Å². The van der Waals surface area contributed by atoms with Gasteiger partial charge in [0.05, 0.1) is 4.87 Å². The Morgan fingerprint density at radius 1 is 1.25 bits per heavy atom. The van der Waals surface area contributed by atoms with Gasteiger partial charge in [-0.15, -0.1) is 23.2 Å². The fourth-order valence-corrected chi connectivity index (χ4v) is 5.13. The average Bonchev–Trinajstić information content (AvgIpc) is 3.33. The summed E-state index contributed by atoms with van der Waals surface area (Å²) in [4.78, 5) is 22.1. The zero-order valence-corrected chi connectivity index (χ0v) is 17.6. The second kappa shape index (κ2) is 9.02. The molecule has 1 heterocycles. The molecular formula is C21H27Cl2NO4. The van der Waals surface area contributed by atoms with Gasteiger partial charge in [-0.2, -0.15) is 0 Å². The number of alkyl carbamates (subject to hydrolysis) is 1. The highest BCUT2D eigenvalue weighted by molar-refractivity contribution is 6.27. The van der Waals surface area contributed by atoms with Crippen molar-refractivity contribution in [2.75, 3.05) is 0 Å². The number of nitrogens with one attached hydrogen (secondary N) is 1. The number of rotatable bonds is 7. The smallest absolute Gasteiger partial charge is 0.416 e. The lowest BCUT2D eigenvalue weighted by molar-refractivity contribution is -0.118. The summed E-state index contributed by atoms with van der Waals surface area (Å²) < 4.78 is 11.1. The number of carbonyl (C=O) groups is 2. The first-order valence-corrected chi connectivity index (χ1v) is 10.7. The lowest BCUT2D eigenvalue weighted by Gasteiger charge is -2.39. The van der Waals surface area contributed by atoms with Crippen molar-refractivity contribution in [1.82, 2.24) is 5.32 Å². The summed E-state index contributed by atoms with van der Waals surface area (Å²) in [5.74, 6) is -0.472. The van der Waals surface area contributed by atoms with Gasteiger partial charge in [0, 0.05) is 12.3 Å². The Labute approximate surface area is 176 Å². The molecule has 154 valence electrons. The number of halogens is 2. The Balaban J connectivity index is 1.51. The van der Waals surface area contributed by atoms with Crippen molar-refractivity contribution < 1.29 is 19.1 Å². The summed E-state index contributed by atoms with van der Waals surface area (Å²) >= 11 is 13.4. The molecule has 1 saturated heterocycles. The molecule has 2 amide bonds. The molecule has 1 aromatic carbocycles. The Bertz CT molecular complexity index is 701. The molecule has 1 spiro atoms. The fourth-order valence-electron chi connectivity index (χ4n) is 4.13. The van der Waals surface area contributed by atoms with E-state index >= 15 is 0 Å². The van der Waals surface area contributed by atoms with E-state index in [0.717, 1.165) is 38.5 Å². The van der Waals surface area contributed by atoms with Crippen molar-refractivity contribution in [3.05, 3.63) is 35.9 Å². The summed E-state index contributed by atoms with van der Waals surface area (Å²) in [6, 6.07) is 10.4. The van der Waals surface area contributed by atoms with E-state index in [1.165, 1.54) is 12.5 Å². The Hall–Kier alpha value is -1.30. The molecule has 28 heavy (non-hydrogen) atoms. The van der Waals surface area contributed by atoms with Gasteiger partial charge in [0.25, 0.3) is 0 Å². The minimum Gasteiger partial charge on any atom is -0.416 e. The van der Waals surface area contributed by atoms with Gasteiger partial charge in [0.15, 0.2) is 5.60 Å². The number of ether oxygens (including phenoxy) is 2. The van der Waals surface area contributed by atoms with Gasteiger partial charge in [-0.1, -0.05) is 43.2 Å². The molecule has 1 aliphatic carbocycles. The molecule has 1 unspecified atom stereocenters. The molecule has 2 fully saturated rings. The first-order valence-electron chi connectivity index (χ1n) is 9.88. The zero-order valence-electron chi connectivity index (χ0n) is 16.1. The molecule has 2 aliphatic rings. The number of alkyl halides is 2. The van der Waals surface area contributed by atoms with Crippen LogP contribution in [0.1, 0.15) is 57.4 Å². The molecule has 7 heteroatoms. The van der Waals surface area contributed by atoms with E-state index in [2.05, 4.69) is 29.6 Å². The van der Waals surface area contributed by atoms with Gasteiger partial charge in [-0.05, 0) is 44.1 Å². The Morgan fingerprint density at radius 2 is 2.00 bits per heavy atom. The van der Waals surface area contributed by atoms with E-state index in [1.807, 2.05) is 6.07 Å². The fraction of sp³-hybridized carbons (Fsp3) is 0.619. The lowest BCUT2D eigenvalue weighted by atomic mass is 9.75. The maximum absolute atomic E-state index is 11.7. The van der Waals surface area contributed by atoms with Crippen LogP contribution >= 0.6 is 23.2 Å². The van der Waals surface area contributed by atoms with E-state index in [0.29, 0.717) is 12.8 Å². The van der Waals surface area contributed by atoms with Gasteiger partial charge in [-0.25, -0.2) is 4.79 Å². The predicted molar refractivity (Wildman–Crippen MR) is 109 cm³/mol. The first-order chi connectivity index (χ1) is 13.3. The summed E-state index contributed by atoms with van der Waals surface area (Å²) in [6.07, 6.45) is 5.40. The minimum absolute atomic E-state index is 0.0108. The quantitative estimate of drug-likeness (QED) is 0.380. The van der Waals surface area contributed by atoms with Crippen LogP contribution in [0.5, 0.6) is 0 Å². The average molecular weight is 428 g/mol. The normalized spacial score (nSPS) is 31.4. The number of benzene rings is 1. The van der Waals surface area contributed by atoms with Gasteiger partial charge in [0.1, 0.15) is 0 Å². The third kappa shape index (κ3) is 5.00. The summed E-state index contributed by atoms with van der Waals surface area (Å²) in [5.41, 5.74) is 0.640. The number of unbranched alkanes of at least 4 members (excludes halogenated alkanes) is 2. The van der Waals surface area contributed by atoms with Crippen molar-refractivity contribution in [2.24, 2.45) is 0 Å². The molecule has 3 rings (SSSR count). The van der Waals surface area contributed by atoms with Crippen molar-refractivity contribution >= 4 is 35.2 Å². The van der Waals surface area contributed by atoms with Crippen LogP contribution in [0, 0.1) is 0 Å². The first kappa shape index (κ1) is 21.4. The third-order valence-corrected chi connectivity index (χ3v) is 6.68. The SMILES string of the molecule is CC(=O)NC(=O)OC1O[C@@]12CC[C@@H](Cl)C[C@]2(Cl)CCCCCc1ccccc1. The van der Waals surface area contributed by atoms with Crippen LogP contribution in [-0.2, 0) is 20.7 Å². The largest absolute Gasteiger partial charge is 0.416 e. The second-order valence-corrected chi connectivity index (χ2v) is 9.12. The van der Waals surface area contributed by atoms with Crippen molar-refractivity contribution in [3.63, 3.8) is 0 Å². The topological polar surface area (TPSA) is 67.9 Å². The molecule has 1 aliphatic heterocycles. The van der Waals surface area contributed by atoms with E-state index in [9.17, 15) is 9.59 Å². The summed E-state index contributed by atoms with van der Waals surface area (Å²) in [5, 5.41) is 2.09. The third-order valence-electron chi connectivity index (χ3n) is 5.65. The molecule has 1 saturated carbocycles. The number of hydrogen-bond donors (Lipinski definition) is 1. The monoisotopic (exact) mass is 427 g/mol. The highest BCUT2D eigenvalue weighted by Gasteiger charge is 2.72. The maximum Gasteiger partial charge on any atom is 0.416 e. The zero-order chi connectivity index (χ0) is 20.2. The van der Waals surface area contributed by atoms with Gasteiger partial charge in [-0.3, -0.25) is 10.1 Å². The number of hydrogen-bond acceptors (Lipinski definition) is 4. The molecule has 0 bridgehead atoms. The number of epoxide rings is 1. The van der Waals surface area contributed by atoms with E-state index in [-0.39, 0.29) is 5.38 Å². The van der Waals surface area contributed by atoms with Crippen LogP contribution in [-0.4, -0.2) is 34.1 Å². The minimum atomic E-state index is -0.802. The van der Waals surface area contributed by atoms with Gasteiger partial charge >= 0.3 is 6.09 Å². The Kier molecular flexibility index (Phi) is 6.89. The van der Waals surface area contributed by atoms with Crippen LogP contribution < -0.4 is 5.32 Å². The molecule has 4 atom stereocenters. The van der Waals surface area contributed by atoms with Gasteiger partial charge in [0.2, 0.25) is 12.2 Å². The number of carbonyl (C=O) groups excluding carboxylic acids is 2. The van der Waals surface area contributed by atoms with Crippen LogP contribution in [0.4, 0.5) is 4.79 Å². The molecule has 0 aromatic heterocycles. The molecular weight excluding hydrogens is 401 g/mol. The summed E-state index contributed by atoms with van der Waals surface area (Å²) in [6.45, 7) is 1.25. The maximum atomic E-state index is 11.7. The number of amides is 2. The molecule has 1 N–H and O–H groups in total. The standard InChI is InChI=1S/C21H27Cl2NO4/c1-15(25)24-19(26)27-18-21(28-18)13-11-17(22)14-20(21,23)12-7-3-6-10-16-8-4-2-5-9-16/h2,4-5,8-9,17-18H,3,6-7,10-14H2,1H3,(H,24,25,26)/t17-,18?,20-,21+/m1/s1. The lowest BCUT2D eigenvalue weighted by Crippen LogP contribution is -2.48. The molecule has 5 nitrogen and oxygen atoms in total. The van der Waals surface area contributed by atoms with Crippen LogP contribution in [0.2, 0.25) is 0 Å². The molecule has 0 radical (unpaired) electrons. The van der Waals surface area contributed by atoms with Crippen molar-refractivity contribution in [3.8, 4) is 0 Å². The van der Waals surface area contributed by atoms with E-state index in [4.69, 9.17) is 32.7 Å². The number of aryl methyl sites for hydroxylation is 1. The Morgan fingerprint density at radius 3 is 2.71 bits per heavy atom. The van der Waals surface area contributed by atoms with E-state index in [1.54, 1.807) is 0 Å². The highest BCUT2D eigenvalue weighted by atomic mass is 35.5. The number of imide groups is 1.